The Balaban J connectivity index is 2.48. The molecule has 1 aliphatic carbocycles. The third kappa shape index (κ3) is 7.10. The molecule has 0 aromatic heterocycles. The fraction of sp³-hybridized carbons (Fsp3) is 0.667. The van der Waals surface area contributed by atoms with Gasteiger partial charge in [-0.15, -0.1) is 0 Å². The molecule has 1 aliphatic rings. The molecule has 0 aliphatic heterocycles. The molecule has 1 saturated carbocycles. The molecule has 1 rings (SSSR count). The number of carbonyl (C=O) groups is 2. The van der Waals surface area contributed by atoms with Crippen molar-refractivity contribution in [3.05, 3.63) is 24.3 Å². The van der Waals surface area contributed by atoms with E-state index in [0.29, 0.717) is 25.7 Å². The topological polar surface area (TPSA) is 94.8 Å². The van der Waals surface area contributed by atoms with Gasteiger partial charge >= 0.3 is 5.97 Å². The first-order chi connectivity index (χ1) is 11.0. The number of allylic oxidation sites excluding steroid dienone is 3. The van der Waals surface area contributed by atoms with E-state index in [1.54, 1.807) is 12.2 Å². The summed E-state index contributed by atoms with van der Waals surface area (Å²) in [4.78, 5) is 22.4. The van der Waals surface area contributed by atoms with Gasteiger partial charge in [-0.05, 0) is 32.1 Å². The van der Waals surface area contributed by atoms with Crippen LogP contribution >= 0.6 is 0 Å². The summed E-state index contributed by atoms with van der Waals surface area (Å²) in [7, 11) is 0. The van der Waals surface area contributed by atoms with Gasteiger partial charge in [-0.2, -0.15) is 0 Å². The second kappa shape index (κ2) is 10.3. The van der Waals surface area contributed by atoms with Crippen LogP contribution in [0.1, 0.15) is 51.9 Å². The number of carboxylic acid groups (broad SMARTS) is 1. The number of aliphatic carboxylic acids is 1. The molecule has 0 radical (unpaired) electrons. The Bertz CT molecular complexity index is 441. The summed E-state index contributed by atoms with van der Waals surface area (Å²) in [5, 5.41) is 28.5. The molecule has 5 nitrogen and oxygen atoms in total. The quantitative estimate of drug-likeness (QED) is 0.424. The lowest BCUT2D eigenvalue weighted by molar-refractivity contribution is -0.137. The molecule has 0 saturated heterocycles. The zero-order chi connectivity index (χ0) is 17.2. The average molecular weight is 324 g/mol. The second-order valence-electron chi connectivity index (χ2n) is 6.13. The predicted octanol–water partition coefficient (Wildman–Crippen LogP) is 2.47. The maximum Gasteiger partial charge on any atom is 0.303 e. The van der Waals surface area contributed by atoms with Crippen LogP contribution in [0.2, 0.25) is 0 Å². The lowest BCUT2D eigenvalue weighted by Crippen LogP contribution is -2.19. The summed E-state index contributed by atoms with van der Waals surface area (Å²) in [5.41, 5.74) is 0. The normalized spacial score (nSPS) is 26.4. The molecule has 0 unspecified atom stereocenters. The highest BCUT2D eigenvalue weighted by atomic mass is 16.4. The Morgan fingerprint density at radius 3 is 2.74 bits per heavy atom. The summed E-state index contributed by atoms with van der Waals surface area (Å²) in [6.45, 7) is 2.03. The van der Waals surface area contributed by atoms with Crippen molar-refractivity contribution in [2.45, 2.75) is 64.1 Å². The van der Waals surface area contributed by atoms with Crippen molar-refractivity contribution in [3.8, 4) is 0 Å². The minimum atomic E-state index is -0.830. The molecule has 0 heterocycles. The fourth-order valence-electron chi connectivity index (χ4n) is 2.92. The average Bonchev–Trinajstić information content (AvgIpc) is 2.75. The van der Waals surface area contributed by atoms with Gasteiger partial charge in [0.25, 0.3) is 0 Å². The molecule has 0 aromatic carbocycles. The van der Waals surface area contributed by atoms with Gasteiger partial charge in [0.2, 0.25) is 0 Å². The smallest absolute Gasteiger partial charge is 0.303 e. The number of carbonyl (C=O) groups excluding carboxylic acids is 1. The van der Waals surface area contributed by atoms with Crippen LogP contribution < -0.4 is 0 Å². The lowest BCUT2D eigenvalue weighted by Gasteiger charge is -2.17. The van der Waals surface area contributed by atoms with Crippen molar-refractivity contribution in [1.82, 2.24) is 0 Å². The van der Waals surface area contributed by atoms with Gasteiger partial charge in [0.1, 0.15) is 5.78 Å². The maximum atomic E-state index is 12.0. The van der Waals surface area contributed by atoms with E-state index in [1.165, 1.54) is 0 Å². The van der Waals surface area contributed by atoms with E-state index >= 15 is 0 Å². The first-order valence-corrected chi connectivity index (χ1v) is 8.39. The number of hydrogen-bond acceptors (Lipinski definition) is 4. The first-order valence-electron chi connectivity index (χ1n) is 8.39. The monoisotopic (exact) mass is 324 g/mol. The van der Waals surface area contributed by atoms with Crippen molar-refractivity contribution in [1.29, 1.82) is 0 Å². The summed E-state index contributed by atoms with van der Waals surface area (Å²) in [6, 6.07) is 0. The van der Waals surface area contributed by atoms with E-state index in [2.05, 4.69) is 0 Å². The summed E-state index contributed by atoms with van der Waals surface area (Å²) >= 11 is 0. The van der Waals surface area contributed by atoms with E-state index in [9.17, 15) is 19.8 Å². The number of aliphatic hydroxyl groups is 2. The number of rotatable bonds is 10. The first kappa shape index (κ1) is 19.6. The Labute approximate surface area is 137 Å². The SMILES string of the molecule is CC/C=C\C[C@H]1[C@H](O)CC(=O)[C@H]1/C=C/[C@@H](O)CCCCC(=O)O. The minimum Gasteiger partial charge on any atom is -0.481 e. The summed E-state index contributed by atoms with van der Waals surface area (Å²) in [6.07, 6.45) is 9.54. The van der Waals surface area contributed by atoms with Crippen molar-refractivity contribution in [3.63, 3.8) is 0 Å². The van der Waals surface area contributed by atoms with E-state index in [4.69, 9.17) is 5.11 Å². The van der Waals surface area contributed by atoms with Crippen molar-refractivity contribution in [2.24, 2.45) is 11.8 Å². The molecule has 0 amide bonds. The highest BCUT2D eigenvalue weighted by Crippen LogP contribution is 2.33. The molecule has 130 valence electrons. The Hall–Kier alpha value is -1.46. The highest BCUT2D eigenvalue weighted by molar-refractivity contribution is 5.86. The third-order valence-electron chi connectivity index (χ3n) is 4.23. The van der Waals surface area contributed by atoms with Crippen molar-refractivity contribution in [2.75, 3.05) is 0 Å². The van der Waals surface area contributed by atoms with Crippen LogP contribution in [0.3, 0.4) is 0 Å². The molecule has 23 heavy (non-hydrogen) atoms. The molecule has 0 aromatic rings. The Morgan fingerprint density at radius 2 is 2.09 bits per heavy atom. The van der Waals surface area contributed by atoms with Gasteiger partial charge in [0.15, 0.2) is 0 Å². The molecule has 4 atom stereocenters. The largest absolute Gasteiger partial charge is 0.481 e. The fourth-order valence-corrected chi connectivity index (χ4v) is 2.92. The van der Waals surface area contributed by atoms with E-state index in [-0.39, 0.29) is 30.5 Å². The molecule has 1 fully saturated rings. The lowest BCUT2D eigenvalue weighted by atomic mass is 9.90. The van der Waals surface area contributed by atoms with Crippen molar-refractivity contribution >= 4 is 11.8 Å². The van der Waals surface area contributed by atoms with Crippen LogP contribution in [0.25, 0.3) is 0 Å². The molecular weight excluding hydrogens is 296 g/mol. The number of unbranched alkanes of at least 4 members (excludes halogenated alkanes) is 1. The Kier molecular flexibility index (Phi) is 8.81. The van der Waals surface area contributed by atoms with E-state index < -0.39 is 18.2 Å². The number of ketones is 1. The van der Waals surface area contributed by atoms with Gasteiger partial charge < -0.3 is 15.3 Å². The zero-order valence-corrected chi connectivity index (χ0v) is 13.7. The Morgan fingerprint density at radius 1 is 1.35 bits per heavy atom. The minimum absolute atomic E-state index is 0.0155. The molecular formula is C18H28O5. The summed E-state index contributed by atoms with van der Waals surface area (Å²) in [5.74, 6) is -1.29. The van der Waals surface area contributed by atoms with Gasteiger partial charge in [0, 0.05) is 24.7 Å². The molecule has 3 N–H and O–H groups in total. The molecule has 5 heteroatoms. The molecule has 0 spiro atoms. The number of Topliss-reactive ketones (excluding diaryl/α,β-unsaturated/α-hetero) is 1. The van der Waals surface area contributed by atoms with E-state index in [0.717, 1.165) is 6.42 Å². The van der Waals surface area contributed by atoms with Crippen LogP contribution in [0, 0.1) is 11.8 Å². The van der Waals surface area contributed by atoms with Gasteiger partial charge in [-0.3, -0.25) is 9.59 Å². The van der Waals surface area contributed by atoms with Crippen LogP contribution in [0.15, 0.2) is 24.3 Å². The third-order valence-corrected chi connectivity index (χ3v) is 4.23. The highest BCUT2D eigenvalue weighted by Gasteiger charge is 2.39. The number of carboxylic acids is 1. The maximum absolute atomic E-state index is 12.0. The van der Waals surface area contributed by atoms with Crippen LogP contribution in [-0.2, 0) is 9.59 Å². The zero-order valence-electron chi connectivity index (χ0n) is 13.7. The predicted molar refractivity (Wildman–Crippen MR) is 87.9 cm³/mol. The van der Waals surface area contributed by atoms with E-state index in [1.807, 2.05) is 19.1 Å². The van der Waals surface area contributed by atoms with Crippen LogP contribution in [-0.4, -0.2) is 39.3 Å². The number of aliphatic hydroxyl groups excluding tert-OH is 2. The van der Waals surface area contributed by atoms with Gasteiger partial charge in [0.05, 0.1) is 12.2 Å². The van der Waals surface area contributed by atoms with Crippen LogP contribution in [0.4, 0.5) is 0 Å². The second-order valence-corrected chi connectivity index (χ2v) is 6.13. The van der Waals surface area contributed by atoms with Crippen LogP contribution in [0.5, 0.6) is 0 Å². The van der Waals surface area contributed by atoms with Gasteiger partial charge in [-0.25, -0.2) is 0 Å². The summed E-state index contributed by atoms with van der Waals surface area (Å²) < 4.78 is 0. The van der Waals surface area contributed by atoms with Crippen molar-refractivity contribution < 1.29 is 24.9 Å². The molecule has 0 bridgehead atoms. The standard InChI is InChI=1S/C18H28O5/c1-2-3-4-8-14-15(17(21)12-16(14)20)11-10-13(19)7-5-6-9-18(22)23/h3-4,10-11,13-16,19-20H,2,5-9,12H2,1H3,(H,22,23)/b4-3-,11-10+/t13-,14+,15-,16+/m0/s1. The van der Waals surface area contributed by atoms with Gasteiger partial charge in [-0.1, -0.05) is 31.2 Å². The number of hydrogen-bond donors (Lipinski definition) is 3.